The van der Waals surface area contributed by atoms with E-state index in [9.17, 15) is 4.79 Å². The second-order valence-corrected chi connectivity index (χ2v) is 6.58. The third kappa shape index (κ3) is 4.77. The molecule has 0 aromatic heterocycles. The molecule has 0 atom stereocenters. The predicted molar refractivity (Wildman–Crippen MR) is 90.0 cm³/mol. The third-order valence-electron chi connectivity index (χ3n) is 4.72. The highest BCUT2D eigenvalue weighted by Gasteiger charge is 2.32. The van der Waals surface area contributed by atoms with Gasteiger partial charge in [-0.05, 0) is 18.4 Å². The van der Waals surface area contributed by atoms with Crippen LogP contribution in [0.5, 0.6) is 0 Å². The molecule has 0 spiro atoms. The summed E-state index contributed by atoms with van der Waals surface area (Å²) >= 11 is 0. The standard InChI is InChI=1S/C18H27N3O2/c22-13-12-21(17-6-7-17)18(23)15-20-10-8-19(9-11-20)14-16-4-2-1-3-5-16/h1-5,17,22H,6-15H2. The van der Waals surface area contributed by atoms with Crippen LogP contribution in [0.25, 0.3) is 0 Å². The van der Waals surface area contributed by atoms with Crippen LogP contribution >= 0.6 is 0 Å². The van der Waals surface area contributed by atoms with Crippen molar-refractivity contribution in [3.8, 4) is 0 Å². The molecule has 3 rings (SSSR count). The number of aliphatic hydroxyl groups excluding tert-OH is 1. The van der Waals surface area contributed by atoms with E-state index in [1.54, 1.807) is 0 Å². The van der Waals surface area contributed by atoms with Crippen LogP contribution in [0.15, 0.2) is 30.3 Å². The molecule has 0 unspecified atom stereocenters. The van der Waals surface area contributed by atoms with Gasteiger partial charge in [0.1, 0.15) is 0 Å². The van der Waals surface area contributed by atoms with Crippen LogP contribution in [0.4, 0.5) is 0 Å². The van der Waals surface area contributed by atoms with E-state index in [-0.39, 0.29) is 12.5 Å². The van der Waals surface area contributed by atoms with Gasteiger partial charge in [0.2, 0.25) is 5.91 Å². The lowest BCUT2D eigenvalue weighted by molar-refractivity contribution is -0.134. The molecular weight excluding hydrogens is 290 g/mol. The molecule has 0 bridgehead atoms. The van der Waals surface area contributed by atoms with E-state index in [0.29, 0.717) is 19.1 Å². The molecule has 0 radical (unpaired) electrons. The van der Waals surface area contributed by atoms with Gasteiger partial charge in [-0.15, -0.1) is 0 Å². The van der Waals surface area contributed by atoms with Gasteiger partial charge in [-0.25, -0.2) is 0 Å². The molecule has 1 aromatic carbocycles. The van der Waals surface area contributed by atoms with Crippen LogP contribution in [0.3, 0.4) is 0 Å². The fourth-order valence-corrected chi connectivity index (χ4v) is 3.23. The lowest BCUT2D eigenvalue weighted by Gasteiger charge is -2.35. The quantitative estimate of drug-likeness (QED) is 0.808. The SMILES string of the molecule is O=C(CN1CCN(Cc2ccccc2)CC1)N(CCO)C1CC1. The predicted octanol–water partition coefficient (Wildman–Crippen LogP) is 0.787. The summed E-state index contributed by atoms with van der Waals surface area (Å²) in [5, 5.41) is 9.13. The molecule has 1 heterocycles. The number of piperazine rings is 1. The Hall–Kier alpha value is -1.43. The van der Waals surface area contributed by atoms with E-state index in [4.69, 9.17) is 5.11 Å². The van der Waals surface area contributed by atoms with Gasteiger partial charge in [0, 0.05) is 45.3 Å². The second-order valence-electron chi connectivity index (χ2n) is 6.58. The molecular formula is C18H27N3O2. The summed E-state index contributed by atoms with van der Waals surface area (Å²) < 4.78 is 0. The van der Waals surface area contributed by atoms with Crippen molar-refractivity contribution in [3.63, 3.8) is 0 Å². The summed E-state index contributed by atoms with van der Waals surface area (Å²) in [5.41, 5.74) is 1.35. The van der Waals surface area contributed by atoms with Crippen molar-refractivity contribution in [2.75, 3.05) is 45.9 Å². The van der Waals surface area contributed by atoms with Crippen molar-refractivity contribution >= 4 is 5.91 Å². The molecule has 1 saturated heterocycles. The van der Waals surface area contributed by atoms with Crippen LogP contribution < -0.4 is 0 Å². The van der Waals surface area contributed by atoms with Gasteiger partial charge < -0.3 is 10.0 Å². The summed E-state index contributed by atoms with van der Waals surface area (Å²) in [4.78, 5) is 19.0. The Morgan fingerprint density at radius 3 is 2.35 bits per heavy atom. The molecule has 126 valence electrons. The zero-order valence-electron chi connectivity index (χ0n) is 13.7. The molecule has 2 fully saturated rings. The maximum absolute atomic E-state index is 12.4. The highest BCUT2D eigenvalue weighted by atomic mass is 16.3. The largest absolute Gasteiger partial charge is 0.395 e. The Bertz CT molecular complexity index is 496. The number of carbonyl (C=O) groups excluding carboxylic acids is 1. The van der Waals surface area contributed by atoms with Crippen LogP contribution in [0.1, 0.15) is 18.4 Å². The minimum absolute atomic E-state index is 0.0626. The molecule has 1 N–H and O–H groups in total. The van der Waals surface area contributed by atoms with Gasteiger partial charge in [0.15, 0.2) is 0 Å². The summed E-state index contributed by atoms with van der Waals surface area (Å²) in [6.45, 7) is 5.92. The Morgan fingerprint density at radius 1 is 1.09 bits per heavy atom. The van der Waals surface area contributed by atoms with Crippen LogP contribution in [0, 0.1) is 0 Å². The van der Waals surface area contributed by atoms with Crippen molar-refractivity contribution < 1.29 is 9.90 Å². The molecule has 1 amide bonds. The Labute approximate surface area is 138 Å². The highest BCUT2D eigenvalue weighted by molar-refractivity contribution is 5.79. The smallest absolute Gasteiger partial charge is 0.237 e. The summed E-state index contributed by atoms with van der Waals surface area (Å²) in [6.07, 6.45) is 2.19. The second kappa shape index (κ2) is 7.90. The van der Waals surface area contributed by atoms with E-state index in [1.165, 1.54) is 5.56 Å². The van der Waals surface area contributed by atoms with E-state index in [2.05, 4.69) is 34.1 Å². The zero-order chi connectivity index (χ0) is 16.1. The van der Waals surface area contributed by atoms with E-state index in [0.717, 1.165) is 45.6 Å². The average molecular weight is 317 g/mol. The maximum Gasteiger partial charge on any atom is 0.237 e. The fraction of sp³-hybridized carbons (Fsp3) is 0.611. The van der Waals surface area contributed by atoms with Gasteiger partial charge in [-0.3, -0.25) is 14.6 Å². The first-order valence-electron chi connectivity index (χ1n) is 8.65. The fourth-order valence-electron chi connectivity index (χ4n) is 3.23. The Balaban J connectivity index is 1.42. The molecule has 2 aliphatic rings. The number of amides is 1. The zero-order valence-corrected chi connectivity index (χ0v) is 13.7. The number of carbonyl (C=O) groups is 1. The van der Waals surface area contributed by atoms with Gasteiger partial charge in [-0.2, -0.15) is 0 Å². The first kappa shape index (κ1) is 16.4. The van der Waals surface area contributed by atoms with Crippen LogP contribution in [0.2, 0.25) is 0 Å². The summed E-state index contributed by atoms with van der Waals surface area (Å²) in [6, 6.07) is 10.9. The summed E-state index contributed by atoms with van der Waals surface area (Å²) in [5.74, 6) is 0.179. The highest BCUT2D eigenvalue weighted by Crippen LogP contribution is 2.26. The number of hydrogen-bond donors (Lipinski definition) is 1. The number of rotatable bonds is 7. The van der Waals surface area contributed by atoms with Crippen molar-refractivity contribution in [3.05, 3.63) is 35.9 Å². The minimum atomic E-state index is 0.0626. The number of hydrogen-bond acceptors (Lipinski definition) is 4. The van der Waals surface area contributed by atoms with E-state index < -0.39 is 0 Å². The van der Waals surface area contributed by atoms with Gasteiger partial charge >= 0.3 is 0 Å². The first-order chi connectivity index (χ1) is 11.3. The monoisotopic (exact) mass is 317 g/mol. The van der Waals surface area contributed by atoms with E-state index >= 15 is 0 Å². The van der Waals surface area contributed by atoms with E-state index in [1.807, 2.05) is 11.0 Å². The topological polar surface area (TPSA) is 47.0 Å². The number of nitrogens with zero attached hydrogens (tertiary/aromatic N) is 3. The molecule has 1 aromatic rings. The maximum atomic E-state index is 12.4. The Kier molecular flexibility index (Phi) is 5.65. The van der Waals surface area contributed by atoms with Crippen LogP contribution in [-0.2, 0) is 11.3 Å². The molecule has 5 heteroatoms. The molecule has 1 aliphatic carbocycles. The third-order valence-corrected chi connectivity index (χ3v) is 4.72. The van der Waals surface area contributed by atoms with Crippen molar-refractivity contribution in [1.82, 2.24) is 14.7 Å². The van der Waals surface area contributed by atoms with Crippen molar-refractivity contribution in [1.29, 1.82) is 0 Å². The molecule has 5 nitrogen and oxygen atoms in total. The molecule has 23 heavy (non-hydrogen) atoms. The van der Waals surface area contributed by atoms with Crippen LogP contribution in [-0.4, -0.2) is 77.6 Å². The van der Waals surface area contributed by atoms with Gasteiger partial charge in [-0.1, -0.05) is 30.3 Å². The normalized spacial score (nSPS) is 19.7. The first-order valence-corrected chi connectivity index (χ1v) is 8.65. The number of aliphatic hydroxyl groups is 1. The number of benzene rings is 1. The van der Waals surface area contributed by atoms with Crippen molar-refractivity contribution in [2.45, 2.75) is 25.4 Å². The Morgan fingerprint density at radius 2 is 1.74 bits per heavy atom. The summed E-state index contributed by atoms with van der Waals surface area (Å²) in [7, 11) is 0. The molecule has 1 saturated carbocycles. The van der Waals surface area contributed by atoms with Crippen molar-refractivity contribution in [2.24, 2.45) is 0 Å². The lowest BCUT2D eigenvalue weighted by atomic mass is 10.2. The lowest BCUT2D eigenvalue weighted by Crippen LogP contribution is -2.50. The minimum Gasteiger partial charge on any atom is -0.395 e. The molecule has 1 aliphatic heterocycles. The van der Waals surface area contributed by atoms with Gasteiger partial charge in [0.05, 0.1) is 13.2 Å². The van der Waals surface area contributed by atoms with Gasteiger partial charge in [0.25, 0.3) is 0 Å². The average Bonchev–Trinajstić information content (AvgIpc) is 3.40.